The summed E-state index contributed by atoms with van der Waals surface area (Å²) in [6.45, 7) is 14.1. The Morgan fingerprint density at radius 2 is 1.16 bits per heavy atom. The Kier molecular flexibility index (Phi) is 9.34. The van der Waals surface area contributed by atoms with E-state index in [1.165, 1.54) is 24.3 Å². The molecular formula is C14H20O5. The molecule has 0 unspecified atom stereocenters. The molecule has 0 rings (SSSR count). The number of carbonyl (C=O) groups excluding carboxylic acids is 1. The Bertz CT molecular complexity index is 291. The van der Waals surface area contributed by atoms with E-state index < -0.39 is 11.9 Å². The molecule has 0 aliphatic heterocycles. The standard InChI is InChI=1S/C14H20O5/c1-5-9-16-13(15)14(17-10-6-2,18-11-7-3)19-12-8-4/h5-8H,1-4,9-12H2. The summed E-state index contributed by atoms with van der Waals surface area (Å²) in [6.07, 6.45) is 5.81. The molecule has 0 aromatic carbocycles. The zero-order valence-electron chi connectivity index (χ0n) is 11.0. The van der Waals surface area contributed by atoms with E-state index >= 15 is 0 Å². The fraction of sp³-hybridized carbons (Fsp3) is 0.357. The first-order chi connectivity index (χ1) is 9.16. The monoisotopic (exact) mass is 268 g/mol. The maximum absolute atomic E-state index is 12.0. The molecule has 0 bridgehead atoms. The minimum Gasteiger partial charge on any atom is -0.455 e. The maximum atomic E-state index is 12.0. The summed E-state index contributed by atoms with van der Waals surface area (Å²) in [6, 6.07) is 0. The lowest BCUT2D eigenvalue weighted by Crippen LogP contribution is -2.48. The Hall–Kier alpha value is -1.69. The summed E-state index contributed by atoms with van der Waals surface area (Å²) in [5.74, 6) is -2.77. The minimum atomic E-state index is -1.96. The van der Waals surface area contributed by atoms with Crippen LogP contribution in [0, 0.1) is 0 Å². The highest BCUT2D eigenvalue weighted by atomic mass is 16.9. The highest BCUT2D eigenvalue weighted by molar-refractivity contribution is 5.76. The van der Waals surface area contributed by atoms with Crippen LogP contribution >= 0.6 is 0 Å². The van der Waals surface area contributed by atoms with E-state index in [1.54, 1.807) is 0 Å². The molecule has 0 aromatic rings. The Morgan fingerprint density at radius 1 is 0.789 bits per heavy atom. The smallest absolute Gasteiger partial charge is 0.398 e. The lowest BCUT2D eigenvalue weighted by molar-refractivity contribution is -0.354. The molecule has 0 fully saturated rings. The third-order valence-electron chi connectivity index (χ3n) is 1.76. The van der Waals surface area contributed by atoms with Gasteiger partial charge in [-0.1, -0.05) is 30.9 Å². The summed E-state index contributed by atoms with van der Waals surface area (Å²) >= 11 is 0. The highest BCUT2D eigenvalue weighted by Crippen LogP contribution is 2.18. The Morgan fingerprint density at radius 3 is 1.47 bits per heavy atom. The van der Waals surface area contributed by atoms with Crippen molar-refractivity contribution >= 4 is 5.97 Å². The van der Waals surface area contributed by atoms with Crippen molar-refractivity contribution in [3.63, 3.8) is 0 Å². The Balaban J connectivity index is 4.98. The van der Waals surface area contributed by atoms with Crippen LogP contribution in [0.5, 0.6) is 0 Å². The van der Waals surface area contributed by atoms with Crippen LogP contribution in [0.2, 0.25) is 0 Å². The molecule has 0 saturated carbocycles. The molecule has 19 heavy (non-hydrogen) atoms. The molecule has 0 radical (unpaired) electrons. The average molecular weight is 268 g/mol. The van der Waals surface area contributed by atoms with Gasteiger partial charge >= 0.3 is 11.9 Å². The van der Waals surface area contributed by atoms with Gasteiger partial charge < -0.3 is 18.9 Å². The molecular weight excluding hydrogens is 248 g/mol. The number of carbonyl (C=O) groups is 1. The van der Waals surface area contributed by atoms with Gasteiger partial charge in [-0.25, -0.2) is 4.79 Å². The van der Waals surface area contributed by atoms with E-state index in [9.17, 15) is 4.79 Å². The summed E-state index contributed by atoms with van der Waals surface area (Å²) in [5.41, 5.74) is 0. The molecule has 0 saturated heterocycles. The van der Waals surface area contributed by atoms with Crippen LogP contribution in [0.1, 0.15) is 0 Å². The highest BCUT2D eigenvalue weighted by Gasteiger charge is 2.44. The predicted molar refractivity (Wildman–Crippen MR) is 72.3 cm³/mol. The van der Waals surface area contributed by atoms with Crippen molar-refractivity contribution in [2.45, 2.75) is 5.97 Å². The molecule has 5 heteroatoms. The SMILES string of the molecule is C=CCOC(=O)C(OCC=C)(OCC=C)OCC=C. The maximum Gasteiger partial charge on any atom is 0.398 e. The van der Waals surface area contributed by atoms with Gasteiger partial charge in [-0.05, 0) is 0 Å². The molecule has 106 valence electrons. The number of esters is 1. The van der Waals surface area contributed by atoms with Gasteiger partial charge in [0.15, 0.2) is 0 Å². The second-order valence-corrected chi connectivity index (χ2v) is 3.24. The van der Waals surface area contributed by atoms with Crippen molar-refractivity contribution < 1.29 is 23.7 Å². The lowest BCUT2D eigenvalue weighted by atomic mass is 10.5. The van der Waals surface area contributed by atoms with E-state index in [1.807, 2.05) is 0 Å². The van der Waals surface area contributed by atoms with Gasteiger partial charge in [-0.2, -0.15) is 0 Å². The third kappa shape index (κ3) is 6.15. The summed E-state index contributed by atoms with van der Waals surface area (Å²) in [7, 11) is 0. The van der Waals surface area contributed by atoms with E-state index in [0.29, 0.717) is 0 Å². The van der Waals surface area contributed by atoms with Crippen LogP contribution in [0.3, 0.4) is 0 Å². The van der Waals surface area contributed by atoms with E-state index in [2.05, 4.69) is 26.3 Å². The zero-order chi connectivity index (χ0) is 14.6. The number of rotatable bonds is 12. The number of hydrogen-bond acceptors (Lipinski definition) is 5. The number of hydrogen-bond donors (Lipinski definition) is 0. The molecule has 0 amide bonds. The molecule has 5 nitrogen and oxygen atoms in total. The fourth-order valence-electron chi connectivity index (χ4n) is 1.03. The van der Waals surface area contributed by atoms with Crippen LogP contribution in [-0.4, -0.2) is 38.4 Å². The fourth-order valence-corrected chi connectivity index (χ4v) is 1.03. The van der Waals surface area contributed by atoms with Gasteiger partial charge in [0.1, 0.15) is 6.61 Å². The van der Waals surface area contributed by atoms with Crippen LogP contribution in [0.15, 0.2) is 50.6 Å². The van der Waals surface area contributed by atoms with Crippen molar-refractivity contribution in [2.24, 2.45) is 0 Å². The first-order valence-corrected chi connectivity index (χ1v) is 5.69. The summed E-state index contributed by atoms with van der Waals surface area (Å²) in [4.78, 5) is 12.0. The minimum absolute atomic E-state index is 0.0208. The second-order valence-electron chi connectivity index (χ2n) is 3.24. The molecule has 0 N–H and O–H groups in total. The van der Waals surface area contributed by atoms with Gasteiger partial charge in [0.05, 0.1) is 19.8 Å². The quantitative estimate of drug-likeness (QED) is 0.308. The van der Waals surface area contributed by atoms with Gasteiger partial charge in [-0.3, -0.25) is 0 Å². The average Bonchev–Trinajstić information content (AvgIpc) is 2.44. The summed E-state index contributed by atoms with van der Waals surface area (Å²) in [5, 5.41) is 0. The molecule has 0 atom stereocenters. The largest absolute Gasteiger partial charge is 0.455 e. The molecule has 0 aromatic heterocycles. The van der Waals surface area contributed by atoms with Crippen molar-refractivity contribution in [2.75, 3.05) is 26.4 Å². The Labute approximate surface area is 113 Å². The van der Waals surface area contributed by atoms with Crippen LogP contribution in [0.4, 0.5) is 0 Å². The predicted octanol–water partition coefficient (Wildman–Crippen LogP) is 1.98. The number of ether oxygens (including phenoxy) is 4. The van der Waals surface area contributed by atoms with Gasteiger partial charge in [0.2, 0.25) is 0 Å². The first-order valence-electron chi connectivity index (χ1n) is 5.69. The van der Waals surface area contributed by atoms with E-state index in [-0.39, 0.29) is 26.4 Å². The van der Waals surface area contributed by atoms with Gasteiger partial charge in [0.25, 0.3) is 0 Å². The van der Waals surface area contributed by atoms with Gasteiger partial charge in [0, 0.05) is 0 Å². The van der Waals surface area contributed by atoms with Crippen molar-refractivity contribution in [1.29, 1.82) is 0 Å². The second kappa shape index (κ2) is 10.3. The van der Waals surface area contributed by atoms with Crippen LogP contribution in [0.25, 0.3) is 0 Å². The normalized spacial score (nSPS) is 10.5. The van der Waals surface area contributed by atoms with Crippen molar-refractivity contribution in [3.05, 3.63) is 50.6 Å². The van der Waals surface area contributed by atoms with Gasteiger partial charge in [-0.15, -0.1) is 19.7 Å². The van der Waals surface area contributed by atoms with Crippen LogP contribution < -0.4 is 0 Å². The first kappa shape index (κ1) is 17.3. The van der Waals surface area contributed by atoms with E-state index in [0.717, 1.165) is 0 Å². The zero-order valence-corrected chi connectivity index (χ0v) is 11.0. The van der Waals surface area contributed by atoms with Crippen molar-refractivity contribution in [3.8, 4) is 0 Å². The molecule has 0 aliphatic carbocycles. The molecule has 0 spiro atoms. The van der Waals surface area contributed by atoms with Crippen molar-refractivity contribution in [1.82, 2.24) is 0 Å². The molecule has 0 aliphatic rings. The topological polar surface area (TPSA) is 54.0 Å². The molecule has 0 heterocycles. The lowest BCUT2D eigenvalue weighted by Gasteiger charge is -2.29. The summed E-state index contributed by atoms with van der Waals surface area (Å²) < 4.78 is 20.7. The van der Waals surface area contributed by atoms with E-state index in [4.69, 9.17) is 18.9 Å². The van der Waals surface area contributed by atoms with Crippen LogP contribution in [-0.2, 0) is 23.7 Å². The third-order valence-corrected chi connectivity index (χ3v) is 1.76.